The van der Waals surface area contributed by atoms with E-state index in [1.54, 1.807) is 0 Å². The van der Waals surface area contributed by atoms with Crippen LogP contribution in [0.5, 0.6) is 5.75 Å². The van der Waals surface area contributed by atoms with E-state index in [1.165, 1.54) is 37.9 Å². The van der Waals surface area contributed by atoms with Gasteiger partial charge in [0.25, 0.3) is 0 Å². The SMILES string of the molecule is CCCC[NH2+]CCCCOc1ccccc1C(C)C. The summed E-state index contributed by atoms with van der Waals surface area (Å²) < 4.78 is 5.91. The van der Waals surface area contributed by atoms with E-state index in [9.17, 15) is 0 Å². The van der Waals surface area contributed by atoms with Crippen molar-refractivity contribution in [3.05, 3.63) is 29.8 Å². The molecule has 0 aliphatic heterocycles. The Morgan fingerprint density at radius 2 is 1.79 bits per heavy atom. The minimum absolute atomic E-state index is 0.526. The van der Waals surface area contributed by atoms with Crippen molar-refractivity contribution in [3.63, 3.8) is 0 Å². The number of hydrogen-bond donors (Lipinski definition) is 1. The van der Waals surface area contributed by atoms with Crippen LogP contribution in [0, 0.1) is 0 Å². The third-order valence-electron chi connectivity index (χ3n) is 3.36. The molecule has 108 valence electrons. The van der Waals surface area contributed by atoms with Gasteiger partial charge in [0.1, 0.15) is 5.75 Å². The fraction of sp³-hybridized carbons (Fsp3) is 0.647. The topological polar surface area (TPSA) is 25.8 Å². The number of hydrogen-bond acceptors (Lipinski definition) is 1. The van der Waals surface area contributed by atoms with Gasteiger partial charge in [-0.1, -0.05) is 45.4 Å². The molecule has 1 aromatic carbocycles. The lowest BCUT2D eigenvalue weighted by Gasteiger charge is -2.13. The second kappa shape index (κ2) is 9.85. The Hall–Kier alpha value is -1.02. The number of ether oxygens (including phenoxy) is 1. The first kappa shape index (κ1) is 16.0. The average Bonchev–Trinajstić information content (AvgIpc) is 2.42. The molecule has 0 heterocycles. The van der Waals surface area contributed by atoms with Gasteiger partial charge in [0.05, 0.1) is 19.7 Å². The van der Waals surface area contributed by atoms with Crippen LogP contribution in [0.2, 0.25) is 0 Å². The van der Waals surface area contributed by atoms with Gasteiger partial charge in [-0.25, -0.2) is 0 Å². The van der Waals surface area contributed by atoms with E-state index in [1.807, 2.05) is 0 Å². The molecular weight excluding hydrogens is 234 g/mol. The molecule has 1 rings (SSSR count). The Balaban J connectivity index is 2.16. The molecule has 0 atom stereocenters. The Kier molecular flexibility index (Phi) is 8.31. The lowest BCUT2D eigenvalue weighted by molar-refractivity contribution is -0.655. The Morgan fingerprint density at radius 3 is 2.53 bits per heavy atom. The van der Waals surface area contributed by atoms with Gasteiger partial charge >= 0.3 is 0 Å². The standard InChI is InChI=1S/C17H29NO/c1-4-5-12-18-13-8-9-14-19-17-11-7-6-10-16(17)15(2)3/h6-7,10-11,15,18H,4-5,8-9,12-14H2,1-3H3/p+1. The number of benzene rings is 1. The second-order valence-corrected chi connectivity index (χ2v) is 5.47. The third kappa shape index (κ3) is 6.63. The molecule has 19 heavy (non-hydrogen) atoms. The fourth-order valence-corrected chi connectivity index (χ4v) is 2.15. The van der Waals surface area contributed by atoms with Crippen LogP contribution in [-0.4, -0.2) is 19.7 Å². The molecule has 0 saturated carbocycles. The summed E-state index contributed by atoms with van der Waals surface area (Å²) in [6, 6.07) is 8.39. The average molecular weight is 264 g/mol. The quantitative estimate of drug-likeness (QED) is 0.644. The predicted octanol–water partition coefficient (Wildman–Crippen LogP) is 3.33. The summed E-state index contributed by atoms with van der Waals surface area (Å²) in [6.45, 7) is 10.0. The van der Waals surface area contributed by atoms with Crippen molar-refractivity contribution < 1.29 is 10.1 Å². The van der Waals surface area contributed by atoms with Crippen LogP contribution in [-0.2, 0) is 0 Å². The number of nitrogens with two attached hydrogens (primary N) is 1. The molecule has 0 radical (unpaired) electrons. The molecule has 0 aliphatic carbocycles. The van der Waals surface area contributed by atoms with Crippen LogP contribution in [0.15, 0.2) is 24.3 Å². The molecule has 2 nitrogen and oxygen atoms in total. The Bertz CT molecular complexity index is 336. The molecule has 0 unspecified atom stereocenters. The number of rotatable bonds is 10. The minimum atomic E-state index is 0.526. The Morgan fingerprint density at radius 1 is 1.05 bits per heavy atom. The van der Waals surface area contributed by atoms with E-state index in [2.05, 4.69) is 50.4 Å². The minimum Gasteiger partial charge on any atom is -0.493 e. The first-order valence-corrected chi connectivity index (χ1v) is 7.79. The van der Waals surface area contributed by atoms with Crippen LogP contribution in [0.25, 0.3) is 0 Å². The number of quaternary nitrogens is 1. The van der Waals surface area contributed by atoms with E-state index in [0.717, 1.165) is 18.8 Å². The van der Waals surface area contributed by atoms with Crippen molar-refractivity contribution in [2.75, 3.05) is 19.7 Å². The van der Waals surface area contributed by atoms with E-state index in [4.69, 9.17) is 4.74 Å². The first-order valence-electron chi connectivity index (χ1n) is 7.79. The van der Waals surface area contributed by atoms with Crippen LogP contribution >= 0.6 is 0 Å². The van der Waals surface area contributed by atoms with Gasteiger partial charge in [-0.05, 0) is 36.8 Å². The van der Waals surface area contributed by atoms with Gasteiger partial charge in [-0.15, -0.1) is 0 Å². The molecule has 0 saturated heterocycles. The van der Waals surface area contributed by atoms with E-state index < -0.39 is 0 Å². The fourth-order valence-electron chi connectivity index (χ4n) is 2.15. The first-order chi connectivity index (χ1) is 9.25. The van der Waals surface area contributed by atoms with Gasteiger partial charge in [-0.2, -0.15) is 0 Å². The predicted molar refractivity (Wildman–Crippen MR) is 81.8 cm³/mol. The maximum absolute atomic E-state index is 5.91. The summed E-state index contributed by atoms with van der Waals surface area (Å²) >= 11 is 0. The van der Waals surface area contributed by atoms with E-state index >= 15 is 0 Å². The van der Waals surface area contributed by atoms with E-state index in [-0.39, 0.29) is 0 Å². The molecular formula is C17H30NO+. The number of unbranched alkanes of at least 4 members (excludes halogenated alkanes) is 2. The van der Waals surface area contributed by atoms with Crippen LogP contribution in [0.1, 0.15) is 57.9 Å². The lowest BCUT2D eigenvalue weighted by atomic mass is 10.0. The molecule has 2 heteroatoms. The highest BCUT2D eigenvalue weighted by Crippen LogP contribution is 2.25. The molecule has 2 N–H and O–H groups in total. The third-order valence-corrected chi connectivity index (χ3v) is 3.36. The summed E-state index contributed by atoms with van der Waals surface area (Å²) in [4.78, 5) is 0. The van der Waals surface area contributed by atoms with Gasteiger partial charge in [0.2, 0.25) is 0 Å². The molecule has 1 aromatic rings. The molecule has 0 fully saturated rings. The number of para-hydroxylation sites is 1. The lowest BCUT2D eigenvalue weighted by Crippen LogP contribution is -2.84. The van der Waals surface area contributed by atoms with Gasteiger partial charge in [-0.3, -0.25) is 0 Å². The van der Waals surface area contributed by atoms with Gasteiger partial charge in [0.15, 0.2) is 0 Å². The van der Waals surface area contributed by atoms with Crippen molar-refractivity contribution in [1.82, 2.24) is 0 Å². The summed E-state index contributed by atoms with van der Waals surface area (Å²) in [5.41, 5.74) is 1.32. The van der Waals surface area contributed by atoms with Crippen LogP contribution in [0.3, 0.4) is 0 Å². The van der Waals surface area contributed by atoms with Crippen molar-refractivity contribution in [3.8, 4) is 5.75 Å². The monoisotopic (exact) mass is 264 g/mol. The summed E-state index contributed by atoms with van der Waals surface area (Å²) in [7, 11) is 0. The van der Waals surface area contributed by atoms with Crippen LogP contribution < -0.4 is 10.1 Å². The van der Waals surface area contributed by atoms with Crippen LogP contribution in [0.4, 0.5) is 0 Å². The smallest absolute Gasteiger partial charge is 0.122 e. The highest BCUT2D eigenvalue weighted by Gasteiger charge is 2.06. The molecule has 0 spiro atoms. The highest BCUT2D eigenvalue weighted by atomic mass is 16.5. The zero-order valence-electron chi connectivity index (χ0n) is 12.8. The summed E-state index contributed by atoms with van der Waals surface area (Å²) in [6.07, 6.45) is 5.02. The van der Waals surface area contributed by atoms with Gasteiger partial charge in [0, 0.05) is 0 Å². The second-order valence-electron chi connectivity index (χ2n) is 5.47. The van der Waals surface area contributed by atoms with Crippen molar-refractivity contribution >= 4 is 0 Å². The maximum Gasteiger partial charge on any atom is 0.122 e. The van der Waals surface area contributed by atoms with Crippen molar-refractivity contribution in [2.24, 2.45) is 0 Å². The zero-order valence-corrected chi connectivity index (χ0v) is 12.8. The summed E-state index contributed by atoms with van der Waals surface area (Å²) in [5.74, 6) is 1.59. The highest BCUT2D eigenvalue weighted by molar-refractivity contribution is 5.35. The van der Waals surface area contributed by atoms with E-state index in [0.29, 0.717) is 5.92 Å². The summed E-state index contributed by atoms with van der Waals surface area (Å²) in [5, 5.41) is 2.42. The molecule has 0 amide bonds. The van der Waals surface area contributed by atoms with Gasteiger partial charge < -0.3 is 10.1 Å². The maximum atomic E-state index is 5.91. The Labute approximate surface area is 118 Å². The molecule has 0 aromatic heterocycles. The zero-order chi connectivity index (χ0) is 13.9. The largest absolute Gasteiger partial charge is 0.493 e. The normalized spacial score (nSPS) is 10.9. The molecule has 0 aliphatic rings. The molecule has 0 bridgehead atoms. The van der Waals surface area contributed by atoms with Crippen molar-refractivity contribution in [1.29, 1.82) is 0 Å². The van der Waals surface area contributed by atoms with Crippen molar-refractivity contribution in [2.45, 2.75) is 52.4 Å².